The average molecular weight is 509 g/mol. The van der Waals surface area contributed by atoms with Crippen molar-refractivity contribution >= 4 is 28.8 Å². The molecular weight excluding hydrogens is 479 g/mol. The van der Waals surface area contributed by atoms with E-state index in [-0.39, 0.29) is 17.8 Å². The van der Waals surface area contributed by atoms with Gasteiger partial charge in [0.1, 0.15) is 11.6 Å². The van der Waals surface area contributed by atoms with Gasteiger partial charge in [0.15, 0.2) is 0 Å². The number of fused-ring (bicyclic) bond motifs is 1. The summed E-state index contributed by atoms with van der Waals surface area (Å²) in [4.78, 5) is 22.1. The van der Waals surface area contributed by atoms with E-state index in [0.717, 1.165) is 47.8 Å². The second-order valence-corrected chi connectivity index (χ2v) is 9.65. The predicted molar refractivity (Wildman–Crippen MR) is 138 cm³/mol. The van der Waals surface area contributed by atoms with Gasteiger partial charge in [0.2, 0.25) is 0 Å². The fraction of sp³-hybridized carbons (Fsp3) is 0.346. The lowest BCUT2D eigenvalue weighted by atomic mass is 10.0. The van der Waals surface area contributed by atoms with Crippen molar-refractivity contribution < 1.29 is 13.9 Å². The summed E-state index contributed by atoms with van der Waals surface area (Å²) in [5, 5.41) is 11.6. The number of methoxy groups -OCH3 is 1. The minimum Gasteiger partial charge on any atom is -0.465 e. The number of halogens is 1. The summed E-state index contributed by atoms with van der Waals surface area (Å²) < 4.78 is 19.0. The monoisotopic (exact) mass is 508 g/mol. The molecule has 3 N–H and O–H groups in total. The Morgan fingerprint density at radius 1 is 1.36 bits per heavy atom. The van der Waals surface area contributed by atoms with Crippen LogP contribution in [0.4, 0.5) is 4.39 Å². The first-order valence-corrected chi connectivity index (χ1v) is 12.7. The number of esters is 1. The number of likely N-dealkylation sites (tertiary alicyclic amines) is 1. The number of nitrogens with two attached hydrogens (primary N) is 1. The molecule has 1 aromatic heterocycles. The summed E-state index contributed by atoms with van der Waals surface area (Å²) in [5.41, 5.74) is 2.97. The van der Waals surface area contributed by atoms with Gasteiger partial charge in [-0.1, -0.05) is 12.1 Å². The number of allylic oxidation sites excluding steroid dienone is 1. The summed E-state index contributed by atoms with van der Waals surface area (Å²) in [6, 6.07) is 12.0. The molecule has 10 heteroatoms. The van der Waals surface area contributed by atoms with Crippen LogP contribution in [0.2, 0.25) is 0 Å². The van der Waals surface area contributed by atoms with Crippen molar-refractivity contribution in [1.82, 2.24) is 19.9 Å². The van der Waals surface area contributed by atoms with E-state index in [0.29, 0.717) is 29.0 Å². The first-order valence-electron chi connectivity index (χ1n) is 11.7. The lowest BCUT2D eigenvalue weighted by molar-refractivity contribution is 0.0601. The second kappa shape index (κ2) is 11.6. The van der Waals surface area contributed by atoms with E-state index in [2.05, 4.69) is 14.9 Å². The molecule has 3 aromatic rings. The fourth-order valence-corrected chi connectivity index (χ4v) is 5.32. The van der Waals surface area contributed by atoms with Crippen LogP contribution < -0.4 is 5.84 Å². The van der Waals surface area contributed by atoms with Crippen molar-refractivity contribution in [1.29, 1.82) is 5.26 Å². The molecule has 1 aliphatic rings. The molecule has 0 saturated carbocycles. The number of hydrazine groups is 1. The van der Waals surface area contributed by atoms with Gasteiger partial charge >= 0.3 is 5.97 Å². The first-order chi connectivity index (χ1) is 17.4. The van der Waals surface area contributed by atoms with E-state index in [1.54, 1.807) is 29.3 Å². The zero-order chi connectivity index (χ0) is 25.7. The first kappa shape index (κ1) is 25.7. The standard InChI is InChI=1S/C26H29FN6O2S/c1-3-25(36-16-19-5-4-17(14-28)12-21(19)27)33(29)20-8-10-32(11-9-20)15-24-30-22-7-6-18(26(34)35-2)13-23(22)31-24/h3-7,12-13,20H,8-11,15-16,29H2,1-2H3,(H,30,31)/b25-3+. The molecule has 4 rings (SSSR count). The van der Waals surface area contributed by atoms with Gasteiger partial charge < -0.3 is 14.7 Å². The number of nitrogens with one attached hydrogen (secondary N) is 1. The predicted octanol–water partition coefficient (Wildman–Crippen LogP) is 4.30. The van der Waals surface area contributed by atoms with Crippen LogP contribution in [0.5, 0.6) is 0 Å². The molecule has 0 atom stereocenters. The van der Waals surface area contributed by atoms with Crippen LogP contribution in [0.15, 0.2) is 47.5 Å². The number of imidazole rings is 1. The SMILES string of the molecule is C/C=C(/SCc1ccc(C#N)cc1F)N(N)C1CCN(Cc2nc3ccc(C(=O)OC)cc3[nH]2)CC1. The van der Waals surface area contributed by atoms with Gasteiger partial charge in [0, 0.05) is 24.9 Å². The number of aromatic amines is 1. The third-order valence-corrected chi connectivity index (χ3v) is 7.53. The summed E-state index contributed by atoms with van der Waals surface area (Å²) in [7, 11) is 1.37. The molecule has 0 aliphatic carbocycles. The van der Waals surface area contributed by atoms with Gasteiger partial charge in [-0.2, -0.15) is 5.26 Å². The zero-order valence-corrected chi connectivity index (χ0v) is 21.1. The molecule has 0 radical (unpaired) electrons. The number of hydrogen-bond donors (Lipinski definition) is 2. The number of rotatable bonds is 8. The Morgan fingerprint density at radius 3 is 2.81 bits per heavy atom. The summed E-state index contributed by atoms with van der Waals surface area (Å²) in [6.07, 6.45) is 3.74. The van der Waals surface area contributed by atoms with Crippen LogP contribution in [-0.4, -0.2) is 52.1 Å². The lowest BCUT2D eigenvalue weighted by Gasteiger charge is -2.37. The number of hydrogen-bond acceptors (Lipinski definition) is 8. The van der Waals surface area contributed by atoms with Gasteiger partial charge in [0.05, 0.1) is 46.9 Å². The number of piperidine rings is 1. The quantitative estimate of drug-likeness (QED) is 0.263. The number of thioether (sulfide) groups is 1. The molecule has 36 heavy (non-hydrogen) atoms. The molecule has 0 spiro atoms. The largest absolute Gasteiger partial charge is 0.465 e. The zero-order valence-electron chi connectivity index (χ0n) is 20.3. The van der Waals surface area contributed by atoms with E-state index >= 15 is 0 Å². The number of ether oxygens (including phenoxy) is 1. The van der Waals surface area contributed by atoms with Gasteiger partial charge in [-0.15, -0.1) is 11.8 Å². The smallest absolute Gasteiger partial charge is 0.337 e. The normalized spacial score (nSPS) is 15.1. The van der Waals surface area contributed by atoms with E-state index in [4.69, 9.17) is 15.8 Å². The molecule has 2 heterocycles. The molecule has 0 bridgehead atoms. The minimum absolute atomic E-state index is 0.184. The Hall–Kier alpha value is -3.39. The average Bonchev–Trinajstić information content (AvgIpc) is 3.31. The number of aromatic nitrogens is 2. The molecule has 8 nitrogen and oxygen atoms in total. The van der Waals surface area contributed by atoms with Crippen molar-refractivity contribution in [3.63, 3.8) is 0 Å². The van der Waals surface area contributed by atoms with Crippen molar-refractivity contribution in [2.45, 2.75) is 38.1 Å². The summed E-state index contributed by atoms with van der Waals surface area (Å²) in [6.45, 7) is 4.35. The molecule has 1 fully saturated rings. The number of carbonyl (C=O) groups excluding carboxylic acids is 1. The van der Waals surface area contributed by atoms with Crippen molar-refractivity contribution in [3.8, 4) is 6.07 Å². The highest BCUT2D eigenvalue weighted by atomic mass is 32.2. The Morgan fingerprint density at radius 2 is 2.14 bits per heavy atom. The highest BCUT2D eigenvalue weighted by Gasteiger charge is 2.25. The number of nitrogens with zero attached hydrogens (tertiary/aromatic N) is 4. The van der Waals surface area contributed by atoms with Gasteiger partial charge in [-0.25, -0.2) is 20.0 Å². The Kier molecular flexibility index (Phi) is 8.25. The Bertz CT molecular complexity index is 1310. The van der Waals surface area contributed by atoms with E-state index in [1.165, 1.54) is 24.9 Å². The van der Waals surface area contributed by atoms with Crippen LogP contribution in [0.1, 0.15) is 47.1 Å². The van der Waals surface area contributed by atoms with E-state index in [9.17, 15) is 9.18 Å². The van der Waals surface area contributed by atoms with Crippen LogP contribution in [0, 0.1) is 17.1 Å². The maximum atomic E-state index is 14.2. The second-order valence-electron chi connectivity index (χ2n) is 8.66. The third kappa shape index (κ3) is 5.87. The van der Waals surface area contributed by atoms with Gasteiger partial charge in [-0.3, -0.25) is 4.90 Å². The van der Waals surface area contributed by atoms with Crippen LogP contribution in [0.25, 0.3) is 11.0 Å². The van der Waals surface area contributed by atoms with Gasteiger partial charge in [-0.05, 0) is 55.7 Å². The Balaban J connectivity index is 1.30. The number of H-pyrrole nitrogens is 1. The summed E-state index contributed by atoms with van der Waals surface area (Å²) in [5.74, 6) is 7.02. The van der Waals surface area contributed by atoms with E-state index in [1.807, 2.05) is 25.1 Å². The highest BCUT2D eigenvalue weighted by molar-refractivity contribution is 8.02. The number of carbonyl (C=O) groups is 1. The molecule has 1 saturated heterocycles. The van der Waals surface area contributed by atoms with Crippen molar-refractivity contribution in [2.75, 3.05) is 20.2 Å². The third-order valence-electron chi connectivity index (χ3n) is 6.34. The Labute approximate surface area is 213 Å². The molecule has 2 aromatic carbocycles. The van der Waals surface area contributed by atoms with E-state index < -0.39 is 0 Å². The maximum absolute atomic E-state index is 14.2. The number of benzene rings is 2. The van der Waals surface area contributed by atoms with Crippen LogP contribution in [-0.2, 0) is 17.0 Å². The van der Waals surface area contributed by atoms with Crippen LogP contribution in [0.3, 0.4) is 0 Å². The highest BCUT2D eigenvalue weighted by Crippen LogP contribution is 2.28. The van der Waals surface area contributed by atoms with Crippen molar-refractivity contribution in [3.05, 3.63) is 75.8 Å². The molecule has 1 aliphatic heterocycles. The van der Waals surface area contributed by atoms with Crippen LogP contribution >= 0.6 is 11.8 Å². The molecular formula is C26H29FN6O2S. The molecule has 0 unspecified atom stereocenters. The molecule has 188 valence electrons. The topological polar surface area (TPSA) is 111 Å². The molecule has 0 amide bonds. The fourth-order valence-electron chi connectivity index (χ4n) is 4.32. The minimum atomic E-state index is -0.374. The maximum Gasteiger partial charge on any atom is 0.337 e. The summed E-state index contributed by atoms with van der Waals surface area (Å²) >= 11 is 1.49. The number of nitriles is 1. The van der Waals surface area contributed by atoms with Gasteiger partial charge in [0.25, 0.3) is 0 Å². The lowest BCUT2D eigenvalue weighted by Crippen LogP contribution is -2.47. The van der Waals surface area contributed by atoms with Crippen molar-refractivity contribution in [2.24, 2.45) is 5.84 Å².